The molecule has 0 aliphatic rings. The maximum atomic E-state index is 12.2. The number of carbonyl (C=O) groups excluding carboxylic acids is 1. The second kappa shape index (κ2) is 7.70. The van der Waals surface area contributed by atoms with Gasteiger partial charge in [-0.15, -0.1) is 0 Å². The number of amides is 1. The molecule has 1 aromatic carbocycles. The van der Waals surface area contributed by atoms with Crippen molar-refractivity contribution in [3.05, 3.63) is 28.2 Å². The van der Waals surface area contributed by atoms with Gasteiger partial charge in [0.15, 0.2) is 0 Å². The Labute approximate surface area is 146 Å². The second-order valence-electron chi connectivity index (χ2n) is 5.85. The summed E-state index contributed by atoms with van der Waals surface area (Å²) in [6.45, 7) is 5.39. The molecule has 1 aromatic rings. The molecule has 1 rings (SSSR count). The lowest BCUT2D eigenvalue weighted by molar-refractivity contribution is 0.0302. The Morgan fingerprint density at radius 1 is 1.26 bits per heavy atom. The van der Waals surface area contributed by atoms with Gasteiger partial charge >= 0.3 is 6.09 Å². The lowest BCUT2D eigenvalue weighted by Gasteiger charge is -2.24. The highest BCUT2D eigenvalue weighted by Crippen LogP contribution is 2.28. The van der Waals surface area contributed by atoms with Crippen molar-refractivity contribution in [3.8, 4) is 0 Å². The Kier molecular flexibility index (Phi) is 6.70. The molecule has 0 unspecified atom stereocenters. The molecule has 130 valence electrons. The standard InChI is InChI=1S/C14H20Cl2N2O4S/c1-14(2,3)22-13(19)18(4)9-8-17-23(20,21)12-10(15)6-5-7-11(12)16/h5-7,17H,8-9H2,1-4H3. The number of likely N-dealkylation sites (N-methyl/N-ethyl adjacent to an activating group) is 1. The van der Waals surface area contributed by atoms with Crippen LogP contribution in [-0.2, 0) is 14.8 Å². The molecular weight excluding hydrogens is 363 g/mol. The van der Waals surface area contributed by atoms with Crippen LogP contribution < -0.4 is 4.72 Å². The van der Waals surface area contributed by atoms with Crippen molar-refractivity contribution in [2.75, 3.05) is 20.1 Å². The predicted molar refractivity (Wildman–Crippen MR) is 90.5 cm³/mol. The molecule has 23 heavy (non-hydrogen) atoms. The summed E-state index contributed by atoms with van der Waals surface area (Å²) in [5, 5.41) is 0.0657. The number of sulfonamides is 1. The van der Waals surface area contributed by atoms with E-state index in [1.807, 2.05) is 0 Å². The quantitative estimate of drug-likeness (QED) is 0.848. The fourth-order valence-corrected chi connectivity index (χ4v) is 3.75. The minimum atomic E-state index is -3.87. The summed E-state index contributed by atoms with van der Waals surface area (Å²) in [5.41, 5.74) is -0.615. The maximum absolute atomic E-state index is 12.2. The van der Waals surface area contributed by atoms with E-state index in [4.69, 9.17) is 27.9 Å². The van der Waals surface area contributed by atoms with Gasteiger partial charge in [-0.2, -0.15) is 0 Å². The molecule has 0 saturated heterocycles. The van der Waals surface area contributed by atoms with E-state index in [-0.39, 0.29) is 28.0 Å². The first-order chi connectivity index (χ1) is 10.4. The summed E-state index contributed by atoms with van der Waals surface area (Å²) in [6, 6.07) is 4.43. The van der Waals surface area contributed by atoms with Crippen molar-refractivity contribution in [1.82, 2.24) is 9.62 Å². The smallest absolute Gasteiger partial charge is 0.410 e. The second-order valence-corrected chi connectivity index (χ2v) is 8.37. The van der Waals surface area contributed by atoms with Gasteiger partial charge in [0.05, 0.1) is 10.0 Å². The van der Waals surface area contributed by atoms with Crippen LogP contribution in [0.4, 0.5) is 4.79 Å². The van der Waals surface area contributed by atoms with Crippen LogP contribution in [0, 0.1) is 0 Å². The molecule has 1 amide bonds. The maximum Gasteiger partial charge on any atom is 0.410 e. The summed E-state index contributed by atoms with van der Waals surface area (Å²) in [7, 11) is -2.35. The molecule has 9 heteroatoms. The zero-order valence-electron chi connectivity index (χ0n) is 13.4. The first kappa shape index (κ1) is 20.0. The molecule has 1 N–H and O–H groups in total. The van der Waals surface area contributed by atoms with E-state index in [0.717, 1.165) is 0 Å². The van der Waals surface area contributed by atoms with E-state index in [9.17, 15) is 13.2 Å². The van der Waals surface area contributed by atoms with Gasteiger partial charge < -0.3 is 9.64 Å². The highest BCUT2D eigenvalue weighted by atomic mass is 35.5. The molecule has 0 aliphatic heterocycles. The molecular formula is C14H20Cl2N2O4S. The molecule has 0 fully saturated rings. The average molecular weight is 383 g/mol. The molecule has 0 heterocycles. The van der Waals surface area contributed by atoms with E-state index in [2.05, 4.69) is 4.72 Å². The molecule has 0 bridgehead atoms. The van der Waals surface area contributed by atoms with Crippen molar-refractivity contribution in [3.63, 3.8) is 0 Å². The third-order valence-electron chi connectivity index (χ3n) is 2.63. The minimum Gasteiger partial charge on any atom is -0.444 e. The van der Waals surface area contributed by atoms with E-state index in [1.165, 1.54) is 24.1 Å². The number of hydrogen-bond donors (Lipinski definition) is 1. The number of halogens is 2. The molecule has 0 aliphatic carbocycles. The van der Waals surface area contributed by atoms with Gasteiger partial charge in [0.25, 0.3) is 0 Å². The van der Waals surface area contributed by atoms with Gasteiger partial charge in [-0.25, -0.2) is 17.9 Å². The molecule has 0 saturated carbocycles. The fraction of sp³-hybridized carbons (Fsp3) is 0.500. The molecule has 0 spiro atoms. The minimum absolute atomic E-state index is 0.000369. The van der Waals surface area contributed by atoms with Crippen molar-refractivity contribution < 1.29 is 17.9 Å². The van der Waals surface area contributed by atoms with Crippen molar-refractivity contribution >= 4 is 39.3 Å². The Hall–Kier alpha value is -1.02. The average Bonchev–Trinajstić information content (AvgIpc) is 2.35. The molecule has 0 atom stereocenters. The number of ether oxygens (including phenoxy) is 1. The van der Waals surface area contributed by atoms with Crippen LogP contribution in [0.3, 0.4) is 0 Å². The van der Waals surface area contributed by atoms with E-state index < -0.39 is 21.7 Å². The zero-order valence-corrected chi connectivity index (χ0v) is 15.7. The summed E-state index contributed by atoms with van der Waals surface area (Å²) in [4.78, 5) is 12.9. The van der Waals surface area contributed by atoms with Crippen LogP contribution in [0.25, 0.3) is 0 Å². The van der Waals surface area contributed by atoms with Gasteiger partial charge in [-0.3, -0.25) is 0 Å². The van der Waals surface area contributed by atoms with Crippen molar-refractivity contribution in [1.29, 1.82) is 0 Å². The predicted octanol–water partition coefficient (Wildman–Crippen LogP) is 3.14. The van der Waals surface area contributed by atoms with Crippen LogP contribution in [-0.4, -0.2) is 45.1 Å². The largest absolute Gasteiger partial charge is 0.444 e. The van der Waals surface area contributed by atoms with Gasteiger partial charge in [-0.1, -0.05) is 29.3 Å². The highest BCUT2D eigenvalue weighted by Gasteiger charge is 2.23. The van der Waals surface area contributed by atoms with E-state index >= 15 is 0 Å². The first-order valence-electron chi connectivity index (χ1n) is 6.82. The molecule has 6 nitrogen and oxygen atoms in total. The SMILES string of the molecule is CN(CCNS(=O)(=O)c1c(Cl)cccc1Cl)C(=O)OC(C)(C)C. The van der Waals surface area contributed by atoms with Gasteiger partial charge in [0.1, 0.15) is 10.5 Å². The van der Waals surface area contributed by atoms with Crippen LogP contribution in [0.1, 0.15) is 20.8 Å². The number of nitrogens with zero attached hydrogens (tertiary/aromatic N) is 1. The number of nitrogens with one attached hydrogen (secondary N) is 1. The van der Waals surface area contributed by atoms with Crippen molar-refractivity contribution in [2.24, 2.45) is 0 Å². The highest BCUT2D eigenvalue weighted by molar-refractivity contribution is 7.89. The first-order valence-corrected chi connectivity index (χ1v) is 9.06. The lowest BCUT2D eigenvalue weighted by Crippen LogP contribution is -2.39. The zero-order chi connectivity index (χ0) is 17.8. The molecule has 0 aromatic heterocycles. The lowest BCUT2D eigenvalue weighted by atomic mass is 10.2. The third-order valence-corrected chi connectivity index (χ3v) is 5.05. The Bertz CT molecular complexity index is 652. The van der Waals surface area contributed by atoms with Crippen LogP contribution in [0.5, 0.6) is 0 Å². The summed E-state index contributed by atoms with van der Waals surface area (Å²) in [6.07, 6.45) is -0.535. The third kappa shape index (κ3) is 6.18. The van der Waals surface area contributed by atoms with Gasteiger partial charge in [0.2, 0.25) is 10.0 Å². The van der Waals surface area contributed by atoms with Gasteiger partial charge in [0, 0.05) is 20.1 Å². The Balaban J connectivity index is 2.66. The number of hydrogen-bond acceptors (Lipinski definition) is 4. The number of benzene rings is 1. The summed E-state index contributed by atoms with van der Waals surface area (Å²) in [5.74, 6) is 0. The normalized spacial score (nSPS) is 12.1. The van der Waals surface area contributed by atoms with Crippen LogP contribution >= 0.6 is 23.2 Å². The summed E-state index contributed by atoms with van der Waals surface area (Å²) >= 11 is 11.8. The monoisotopic (exact) mass is 382 g/mol. The Morgan fingerprint density at radius 3 is 2.26 bits per heavy atom. The van der Waals surface area contributed by atoms with E-state index in [1.54, 1.807) is 26.8 Å². The number of carbonyl (C=O) groups is 1. The summed E-state index contributed by atoms with van der Waals surface area (Å²) < 4.78 is 32.0. The topological polar surface area (TPSA) is 75.7 Å². The van der Waals surface area contributed by atoms with E-state index in [0.29, 0.717) is 0 Å². The number of rotatable bonds is 5. The van der Waals surface area contributed by atoms with Gasteiger partial charge in [-0.05, 0) is 32.9 Å². The van der Waals surface area contributed by atoms with Crippen LogP contribution in [0.15, 0.2) is 23.1 Å². The van der Waals surface area contributed by atoms with Crippen LogP contribution in [0.2, 0.25) is 10.0 Å². The fourth-order valence-electron chi connectivity index (χ4n) is 1.59. The van der Waals surface area contributed by atoms with Crippen molar-refractivity contribution in [2.45, 2.75) is 31.3 Å². The Morgan fingerprint density at radius 2 is 1.78 bits per heavy atom. The molecule has 0 radical (unpaired) electrons.